The lowest BCUT2D eigenvalue weighted by molar-refractivity contribution is 0.520. The predicted octanol–water partition coefficient (Wildman–Crippen LogP) is 2.46. The molecule has 0 bridgehead atoms. The van der Waals surface area contributed by atoms with Crippen molar-refractivity contribution in [2.75, 3.05) is 19.4 Å². The normalized spacial score (nSPS) is 11.9. The van der Waals surface area contributed by atoms with E-state index in [2.05, 4.69) is 29.1 Å². The summed E-state index contributed by atoms with van der Waals surface area (Å²) in [5, 5.41) is 3.23. The molecule has 0 atom stereocenters. The zero-order chi connectivity index (χ0) is 17.0. The van der Waals surface area contributed by atoms with Gasteiger partial charge in [-0.25, -0.2) is 22.7 Å². The van der Waals surface area contributed by atoms with Crippen molar-refractivity contribution in [3.05, 3.63) is 47.9 Å². The van der Waals surface area contributed by atoms with Gasteiger partial charge >= 0.3 is 0 Å². The second kappa shape index (κ2) is 7.06. The quantitative estimate of drug-likeness (QED) is 0.878. The van der Waals surface area contributed by atoms with Crippen molar-refractivity contribution in [3.8, 4) is 0 Å². The first kappa shape index (κ1) is 17.4. The van der Waals surface area contributed by atoms with Crippen LogP contribution < -0.4 is 5.32 Å². The van der Waals surface area contributed by atoms with E-state index in [9.17, 15) is 8.42 Å². The van der Waals surface area contributed by atoms with Gasteiger partial charge in [-0.3, -0.25) is 0 Å². The summed E-state index contributed by atoms with van der Waals surface area (Å²) in [7, 11) is -0.343. The minimum atomic E-state index is -3.38. The van der Waals surface area contributed by atoms with E-state index in [4.69, 9.17) is 0 Å². The maximum Gasteiger partial charge on any atom is 0.242 e. The Morgan fingerprint density at radius 2 is 1.78 bits per heavy atom. The Labute approximate surface area is 137 Å². The smallest absolute Gasteiger partial charge is 0.242 e. The average molecular weight is 334 g/mol. The third kappa shape index (κ3) is 4.27. The van der Waals surface area contributed by atoms with E-state index in [1.54, 1.807) is 30.6 Å². The topological polar surface area (TPSA) is 75.2 Å². The van der Waals surface area contributed by atoms with Gasteiger partial charge in [0.05, 0.1) is 4.90 Å². The number of hydrogen-bond donors (Lipinski definition) is 1. The number of sulfonamides is 1. The van der Waals surface area contributed by atoms with Gasteiger partial charge in [-0.05, 0) is 23.6 Å². The molecule has 0 aliphatic carbocycles. The molecule has 1 N–H and O–H groups in total. The van der Waals surface area contributed by atoms with Gasteiger partial charge in [0.2, 0.25) is 10.0 Å². The van der Waals surface area contributed by atoms with Crippen molar-refractivity contribution in [1.82, 2.24) is 14.3 Å². The highest BCUT2D eigenvalue weighted by atomic mass is 32.2. The highest BCUT2D eigenvalue weighted by Gasteiger charge is 2.16. The van der Waals surface area contributed by atoms with Crippen LogP contribution in [-0.4, -0.2) is 36.8 Å². The molecule has 1 aromatic heterocycles. The summed E-state index contributed by atoms with van der Waals surface area (Å²) >= 11 is 0. The lowest BCUT2D eigenvalue weighted by Crippen LogP contribution is -2.22. The van der Waals surface area contributed by atoms with Crippen LogP contribution in [-0.2, 0) is 16.6 Å². The molecule has 1 heterocycles. The molecule has 0 saturated carbocycles. The number of rotatable bonds is 6. The minimum Gasteiger partial charge on any atom is -0.366 e. The molecule has 0 aliphatic rings. The minimum absolute atomic E-state index is 0.287. The van der Waals surface area contributed by atoms with Crippen molar-refractivity contribution in [2.24, 2.45) is 0 Å². The monoisotopic (exact) mass is 334 g/mol. The molecule has 2 rings (SSSR count). The summed E-state index contributed by atoms with van der Waals surface area (Å²) in [6.45, 7) is 4.73. The highest BCUT2D eigenvalue weighted by molar-refractivity contribution is 7.89. The molecule has 23 heavy (non-hydrogen) atoms. The van der Waals surface area contributed by atoms with E-state index in [1.165, 1.54) is 18.4 Å². The van der Waals surface area contributed by atoms with E-state index in [1.807, 2.05) is 6.07 Å². The molecular formula is C16H22N4O2S. The lowest BCUT2D eigenvalue weighted by atomic mass is 10.1. The maximum atomic E-state index is 12.0. The number of aromatic nitrogens is 2. The molecule has 0 amide bonds. The summed E-state index contributed by atoms with van der Waals surface area (Å²) in [6.07, 6.45) is 1.55. The number of benzene rings is 1. The van der Waals surface area contributed by atoms with E-state index in [0.29, 0.717) is 12.5 Å². The van der Waals surface area contributed by atoms with Crippen LogP contribution in [0.15, 0.2) is 41.6 Å². The fraction of sp³-hybridized carbons (Fsp3) is 0.375. The van der Waals surface area contributed by atoms with Crippen molar-refractivity contribution >= 4 is 15.8 Å². The summed E-state index contributed by atoms with van der Waals surface area (Å²) < 4.78 is 25.2. The van der Waals surface area contributed by atoms with Gasteiger partial charge in [0.1, 0.15) is 12.1 Å². The fourth-order valence-corrected chi connectivity index (χ4v) is 2.87. The summed E-state index contributed by atoms with van der Waals surface area (Å²) in [5.41, 5.74) is 1.96. The van der Waals surface area contributed by atoms with Crippen LogP contribution in [0, 0.1) is 0 Å². The molecule has 6 nitrogen and oxygen atoms in total. The Hall–Kier alpha value is -1.99. The van der Waals surface area contributed by atoms with E-state index >= 15 is 0 Å². The number of nitrogens with zero attached hydrogens (tertiary/aromatic N) is 3. The van der Waals surface area contributed by atoms with Gasteiger partial charge in [0, 0.05) is 32.4 Å². The van der Waals surface area contributed by atoms with Crippen LogP contribution in [0.3, 0.4) is 0 Å². The molecule has 2 aromatic rings. The van der Waals surface area contributed by atoms with Crippen LogP contribution in [0.2, 0.25) is 0 Å². The Morgan fingerprint density at radius 3 is 2.35 bits per heavy atom. The van der Waals surface area contributed by atoms with E-state index in [0.717, 1.165) is 17.1 Å². The van der Waals surface area contributed by atoms with Crippen molar-refractivity contribution < 1.29 is 8.42 Å². The van der Waals surface area contributed by atoms with Crippen LogP contribution in [0.4, 0.5) is 5.82 Å². The molecule has 124 valence electrons. The van der Waals surface area contributed by atoms with E-state index in [-0.39, 0.29) is 4.90 Å². The number of hydrogen-bond acceptors (Lipinski definition) is 5. The summed E-state index contributed by atoms with van der Waals surface area (Å²) in [4.78, 5) is 8.71. The van der Waals surface area contributed by atoms with Gasteiger partial charge in [0.25, 0.3) is 0 Å². The third-order valence-corrected chi connectivity index (χ3v) is 5.28. The molecule has 0 fully saturated rings. The van der Waals surface area contributed by atoms with Gasteiger partial charge in [-0.1, -0.05) is 26.0 Å². The lowest BCUT2D eigenvalue weighted by Gasteiger charge is -2.12. The van der Waals surface area contributed by atoms with Crippen LogP contribution in [0.25, 0.3) is 0 Å². The second-order valence-corrected chi connectivity index (χ2v) is 7.92. The zero-order valence-corrected chi connectivity index (χ0v) is 14.6. The largest absolute Gasteiger partial charge is 0.366 e. The molecular weight excluding hydrogens is 312 g/mol. The van der Waals surface area contributed by atoms with Crippen molar-refractivity contribution in [3.63, 3.8) is 0 Å². The maximum absolute atomic E-state index is 12.0. The summed E-state index contributed by atoms with van der Waals surface area (Å²) in [5.74, 6) is 1.10. The molecule has 1 aromatic carbocycles. The van der Waals surface area contributed by atoms with Crippen LogP contribution >= 0.6 is 0 Å². The third-order valence-electron chi connectivity index (χ3n) is 3.46. The van der Waals surface area contributed by atoms with Gasteiger partial charge in [-0.15, -0.1) is 0 Å². The molecule has 0 saturated heterocycles. The van der Waals surface area contributed by atoms with Crippen LogP contribution in [0.5, 0.6) is 0 Å². The van der Waals surface area contributed by atoms with Crippen molar-refractivity contribution in [1.29, 1.82) is 0 Å². The van der Waals surface area contributed by atoms with Crippen LogP contribution in [0.1, 0.15) is 31.0 Å². The molecule has 0 aliphatic heterocycles. The Morgan fingerprint density at radius 1 is 1.13 bits per heavy atom. The second-order valence-electron chi connectivity index (χ2n) is 5.77. The zero-order valence-electron chi connectivity index (χ0n) is 13.8. The Kier molecular flexibility index (Phi) is 5.33. The molecule has 0 radical (unpaired) electrons. The van der Waals surface area contributed by atoms with Gasteiger partial charge in [-0.2, -0.15) is 0 Å². The first-order chi connectivity index (χ1) is 10.8. The standard InChI is InChI=1S/C16H22N4O2S/c1-12(2)15-9-16(19-11-18-15)17-10-13-5-7-14(8-6-13)23(21,22)20(3)4/h5-9,11-12H,10H2,1-4H3,(H,17,18,19). The van der Waals surface area contributed by atoms with Gasteiger partial charge < -0.3 is 5.32 Å². The first-order valence-corrected chi connectivity index (χ1v) is 8.82. The molecule has 7 heteroatoms. The fourth-order valence-electron chi connectivity index (χ4n) is 1.97. The highest BCUT2D eigenvalue weighted by Crippen LogP contribution is 2.16. The predicted molar refractivity (Wildman–Crippen MR) is 90.8 cm³/mol. The van der Waals surface area contributed by atoms with Crippen molar-refractivity contribution in [2.45, 2.75) is 31.2 Å². The SMILES string of the molecule is CC(C)c1cc(NCc2ccc(S(=O)(=O)N(C)C)cc2)ncn1. The molecule has 0 unspecified atom stereocenters. The Balaban J connectivity index is 2.06. The Bertz CT molecular complexity index is 756. The summed E-state index contributed by atoms with van der Waals surface area (Å²) in [6, 6.07) is 8.76. The van der Waals surface area contributed by atoms with Gasteiger partial charge in [0.15, 0.2) is 0 Å². The molecule has 0 spiro atoms. The average Bonchev–Trinajstić information content (AvgIpc) is 2.53. The number of nitrogens with one attached hydrogen (secondary N) is 1. The number of anilines is 1. The van der Waals surface area contributed by atoms with E-state index < -0.39 is 10.0 Å². The first-order valence-electron chi connectivity index (χ1n) is 7.38.